The third-order valence-corrected chi connectivity index (χ3v) is 4.62. The third-order valence-electron chi connectivity index (χ3n) is 4.32. The van der Waals surface area contributed by atoms with Gasteiger partial charge in [0.1, 0.15) is 5.75 Å². The van der Waals surface area contributed by atoms with Gasteiger partial charge < -0.3 is 19.5 Å². The largest absolute Gasteiger partial charge is 0.482 e. The Morgan fingerprint density at radius 3 is 2.61 bits per heavy atom. The molecule has 6 heteroatoms. The summed E-state index contributed by atoms with van der Waals surface area (Å²) in [5.74, 6) is 1.64. The molecular formula is C22H18ClNO4. The Balaban J connectivity index is 1.31. The number of carbonyl (C=O) groups excluding carboxylic acids is 1. The van der Waals surface area contributed by atoms with E-state index in [1.807, 2.05) is 60.7 Å². The molecule has 3 aromatic rings. The standard InChI is InChI=1S/C22H18ClNO4/c23-18-11-17(16-4-2-1-3-5-16)7-9-19(18)26-13-22(25)24-12-15-6-8-20-21(10-15)28-14-27-20/h1-11H,12-14H2,(H,24,25). The maximum absolute atomic E-state index is 12.1. The van der Waals surface area contributed by atoms with E-state index >= 15 is 0 Å². The van der Waals surface area contributed by atoms with Gasteiger partial charge in [0.15, 0.2) is 18.1 Å². The molecule has 1 N–H and O–H groups in total. The maximum atomic E-state index is 12.1. The Morgan fingerprint density at radius 1 is 0.964 bits per heavy atom. The van der Waals surface area contributed by atoms with Gasteiger partial charge in [-0.3, -0.25) is 4.79 Å². The smallest absolute Gasteiger partial charge is 0.258 e. The van der Waals surface area contributed by atoms with Crippen LogP contribution >= 0.6 is 11.6 Å². The van der Waals surface area contributed by atoms with E-state index in [1.165, 1.54) is 0 Å². The first-order valence-electron chi connectivity index (χ1n) is 8.82. The number of hydrogen-bond acceptors (Lipinski definition) is 4. The SMILES string of the molecule is O=C(COc1ccc(-c2ccccc2)cc1Cl)NCc1ccc2c(c1)OCO2. The van der Waals surface area contributed by atoms with Crippen molar-refractivity contribution < 1.29 is 19.0 Å². The van der Waals surface area contributed by atoms with Crippen LogP contribution in [0.15, 0.2) is 66.7 Å². The van der Waals surface area contributed by atoms with Gasteiger partial charge >= 0.3 is 0 Å². The van der Waals surface area contributed by atoms with Crippen LogP contribution in [0.3, 0.4) is 0 Å². The van der Waals surface area contributed by atoms with Crippen molar-refractivity contribution in [1.29, 1.82) is 0 Å². The van der Waals surface area contributed by atoms with Crippen molar-refractivity contribution in [3.63, 3.8) is 0 Å². The molecule has 0 fully saturated rings. The highest BCUT2D eigenvalue weighted by Gasteiger charge is 2.13. The van der Waals surface area contributed by atoms with E-state index in [4.69, 9.17) is 25.8 Å². The minimum absolute atomic E-state index is 0.116. The van der Waals surface area contributed by atoms with Crippen LogP contribution in [0.5, 0.6) is 17.2 Å². The number of benzene rings is 3. The molecule has 1 amide bonds. The topological polar surface area (TPSA) is 56.8 Å². The normalized spacial score (nSPS) is 11.9. The lowest BCUT2D eigenvalue weighted by Gasteiger charge is -2.10. The molecule has 28 heavy (non-hydrogen) atoms. The quantitative estimate of drug-likeness (QED) is 0.670. The van der Waals surface area contributed by atoms with Crippen LogP contribution in [0.4, 0.5) is 0 Å². The first-order chi connectivity index (χ1) is 13.7. The Labute approximate surface area is 167 Å². The van der Waals surface area contributed by atoms with Gasteiger partial charge in [-0.2, -0.15) is 0 Å². The molecule has 0 atom stereocenters. The van der Waals surface area contributed by atoms with Gasteiger partial charge in [-0.05, 0) is 41.0 Å². The average molecular weight is 396 g/mol. The molecule has 0 aromatic heterocycles. The van der Waals surface area contributed by atoms with E-state index < -0.39 is 0 Å². The minimum Gasteiger partial charge on any atom is -0.482 e. The molecule has 1 aliphatic heterocycles. The first kappa shape index (κ1) is 18.2. The number of fused-ring (bicyclic) bond motifs is 1. The van der Waals surface area contributed by atoms with Crippen LogP contribution in [0.1, 0.15) is 5.56 Å². The highest BCUT2D eigenvalue weighted by atomic mass is 35.5. The summed E-state index contributed by atoms with van der Waals surface area (Å²) in [5.41, 5.74) is 2.98. The summed E-state index contributed by atoms with van der Waals surface area (Å²) in [5, 5.41) is 3.28. The van der Waals surface area contributed by atoms with Gasteiger partial charge in [-0.15, -0.1) is 0 Å². The molecular weight excluding hydrogens is 378 g/mol. The van der Waals surface area contributed by atoms with E-state index in [-0.39, 0.29) is 19.3 Å². The molecule has 0 bridgehead atoms. The van der Waals surface area contributed by atoms with Gasteiger partial charge in [0.05, 0.1) is 5.02 Å². The second-order valence-electron chi connectivity index (χ2n) is 6.26. The molecule has 0 spiro atoms. The summed E-state index contributed by atoms with van der Waals surface area (Å²) >= 11 is 6.31. The van der Waals surface area contributed by atoms with Crippen molar-refractivity contribution in [2.45, 2.75) is 6.54 Å². The number of hydrogen-bond donors (Lipinski definition) is 1. The molecule has 0 aliphatic carbocycles. The van der Waals surface area contributed by atoms with Gasteiger partial charge in [-0.1, -0.05) is 54.1 Å². The molecule has 0 radical (unpaired) electrons. The van der Waals surface area contributed by atoms with Crippen molar-refractivity contribution >= 4 is 17.5 Å². The van der Waals surface area contributed by atoms with Gasteiger partial charge in [-0.25, -0.2) is 0 Å². The maximum Gasteiger partial charge on any atom is 0.258 e. The zero-order chi connectivity index (χ0) is 19.3. The summed E-state index contributed by atoms with van der Waals surface area (Å²) < 4.78 is 16.2. The Kier molecular flexibility index (Phi) is 5.35. The summed E-state index contributed by atoms with van der Waals surface area (Å²) in [6.45, 7) is 0.483. The van der Waals surface area contributed by atoms with E-state index in [1.54, 1.807) is 6.07 Å². The van der Waals surface area contributed by atoms with Crippen molar-refractivity contribution in [3.05, 3.63) is 77.3 Å². The summed E-state index contributed by atoms with van der Waals surface area (Å²) in [6.07, 6.45) is 0. The lowest BCUT2D eigenvalue weighted by molar-refractivity contribution is -0.123. The molecule has 5 nitrogen and oxygen atoms in total. The molecule has 4 rings (SSSR count). The van der Waals surface area contributed by atoms with Crippen molar-refractivity contribution in [3.8, 4) is 28.4 Å². The van der Waals surface area contributed by atoms with Crippen LogP contribution in [0.2, 0.25) is 5.02 Å². The van der Waals surface area contributed by atoms with Gasteiger partial charge in [0.2, 0.25) is 6.79 Å². The number of carbonyl (C=O) groups is 1. The molecule has 142 valence electrons. The van der Waals surface area contributed by atoms with E-state index in [0.29, 0.717) is 28.8 Å². The monoisotopic (exact) mass is 395 g/mol. The third kappa shape index (κ3) is 4.21. The second kappa shape index (κ2) is 8.23. The summed E-state index contributed by atoms with van der Waals surface area (Å²) in [6, 6.07) is 21.0. The fourth-order valence-electron chi connectivity index (χ4n) is 2.87. The lowest BCUT2D eigenvalue weighted by atomic mass is 10.1. The van der Waals surface area contributed by atoms with Crippen LogP contribution in [-0.2, 0) is 11.3 Å². The number of halogens is 1. The van der Waals surface area contributed by atoms with Crippen LogP contribution in [0, 0.1) is 0 Å². The highest BCUT2D eigenvalue weighted by molar-refractivity contribution is 6.32. The number of amides is 1. The summed E-state index contributed by atoms with van der Waals surface area (Å²) in [7, 11) is 0. The minimum atomic E-state index is -0.235. The Morgan fingerprint density at radius 2 is 1.79 bits per heavy atom. The predicted molar refractivity (Wildman–Crippen MR) is 107 cm³/mol. The van der Waals surface area contributed by atoms with E-state index in [0.717, 1.165) is 16.7 Å². The fraction of sp³-hybridized carbons (Fsp3) is 0.136. The summed E-state index contributed by atoms with van der Waals surface area (Å²) in [4.78, 5) is 12.1. The predicted octanol–water partition coefficient (Wildman–Crippen LogP) is 4.43. The highest BCUT2D eigenvalue weighted by Crippen LogP contribution is 2.32. The van der Waals surface area contributed by atoms with Crippen molar-refractivity contribution in [2.24, 2.45) is 0 Å². The second-order valence-corrected chi connectivity index (χ2v) is 6.67. The van der Waals surface area contributed by atoms with Crippen LogP contribution in [0.25, 0.3) is 11.1 Å². The molecule has 0 unspecified atom stereocenters. The Bertz CT molecular complexity index is 991. The average Bonchev–Trinajstić information content (AvgIpc) is 3.20. The van der Waals surface area contributed by atoms with Crippen LogP contribution in [-0.4, -0.2) is 19.3 Å². The van der Waals surface area contributed by atoms with Crippen molar-refractivity contribution in [1.82, 2.24) is 5.32 Å². The van der Waals surface area contributed by atoms with Crippen molar-refractivity contribution in [2.75, 3.05) is 13.4 Å². The molecule has 1 heterocycles. The van der Waals surface area contributed by atoms with Gasteiger partial charge in [0.25, 0.3) is 5.91 Å². The lowest BCUT2D eigenvalue weighted by Crippen LogP contribution is -2.28. The molecule has 3 aromatic carbocycles. The van der Waals surface area contributed by atoms with E-state index in [2.05, 4.69) is 5.32 Å². The zero-order valence-corrected chi connectivity index (χ0v) is 15.7. The molecule has 0 saturated carbocycles. The van der Waals surface area contributed by atoms with Crippen LogP contribution < -0.4 is 19.5 Å². The number of nitrogens with one attached hydrogen (secondary N) is 1. The zero-order valence-electron chi connectivity index (χ0n) is 15.0. The molecule has 1 aliphatic rings. The molecule has 0 saturated heterocycles. The fourth-order valence-corrected chi connectivity index (χ4v) is 3.11. The number of rotatable bonds is 6. The van der Waals surface area contributed by atoms with E-state index in [9.17, 15) is 4.79 Å². The Hall–Kier alpha value is -3.18. The first-order valence-corrected chi connectivity index (χ1v) is 9.20. The van der Waals surface area contributed by atoms with Gasteiger partial charge in [0, 0.05) is 6.54 Å². The number of ether oxygens (including phenoxy) is 3.